The van der Waals surface area contributed by atoms with Gasteiger partial charge in [-0.3, -0.25) is 0 Å². The Bertz CT molecular complexity index is 423. The molecule has 0 saturated carbocycles. The molecule has 73 valence electrons. The molecule has 2 aromatic carbocycles. The molecule has 0 unspecified atom stereocenters. The minimum absolute atomic E-state index is 0.908. The monoisotopic (exact) mass is 193 g/mol. The number of rotatable bonds is 3. The van der Waals surface area contributed by atoms with E-state index in [1.54, 1.807) is 0 Å². The highest BCUT2D eigenvalue weighted by atomic mass is 14.0. The summed E-state index contributed by atoms with van der Waals surface area (Å²) in [6.45, 7) is 3.72. The molecule has 0 aliphatic rings. The average Bonchev–Trinajstić information content (AvgIpc) is 2.32. The second kappa shape index (κ2) is 4.61. The second-order valence-corrected chi connectivity index (χ2v) is 3.47. The van der Waals surface area contributed by atoms with Gasteiger partial charge in [0.25, 0.3) is 0 Å². The first-order valence-electron chi connectivity index (χ1n) is 5.07. The largest absolute Gasteiger partial charge is 0.103 e. The smallest absolute Gasteiger partial charge is 0.00962 e. The zero-order valence-electron chi connectivity index (χ0n) is 8.61. The first-order valence-corrected chi connectivity index (χ1v) is 5.07. The molecule has 0 bridgehead atoms. The zero-order chi connectivity index (χ0) is 10.5. The minimum atomic E-state index is 0.908. The highest BCUT2D eigenvalue weighted by molar-refractivity contribution is 5.62. The van der Waals surface area contributed by atoms with Crippen LogP contribution in [-0.2, 0) is 6.42 Å². The lowest BCUT2D eigenvalue weighted by atomic mass is 10.0. The molecule has 2 rings (SSSR count). The topological polar surface area (TPSA) is 0 Å². The minimum Gasteiger partial charge on any atom is -0.103 e. The van der Waals surface area contributed by atoms with E-state index < -0.39 is 0 Å². The van der Waals surface area contributed by atoms with Crippen molar-refractivity contribution in [3.8, 4) is 11.1 Å². The van der Waals surface area contributed by atoms with E-state index in [0.717, 1.165) is 12.0 Å². The summed E-state index contributed by atoms with van der Waals surface area (Å²) >= 11 is 0. The molecule has 0 aromatic heterocycles. The fourth-order valence-electron chi connectivity index (χ4n) is 1.55. The normalized spacial score (nSPS) is 9.87. The fourth-order valence-corrected chi connectivity index (χ4v) is 1.55. The molecular formula is C15H13. The van der Waals surface area contributed by atoms with Gasteiger partial charge in [0.2, 0.25) is 0 Å². The molecule has 0 N–H and O–H groups in total. The zero-order valence-corrected chi connectivity index (χ0v) is 8.61. The number of benzene rings is 2. The Balaban J connectivity index is 2.28. The fraction of sp³-hybridized carbons (Fsp3) is 0.0667. The summed E-state index contributed by atoms with van der Waals surface area (Å²) in [5.41, 5.74) is 3.61. The van der Waals surface area contributed by atoms with Crippen LogP contribution in [0.15, 0.2) is 61.2 Å². The summed E-state index contributed by atoms with van der Waals surface area (Å²) in [6, 6.07) is 19.9. The molecule has 0 spiro atoms. The third-order valence-electron chi connectivity index (χ3n) is 2.34. The van der Waals surface area contributed by atoms with Crippen molar-refractivity contribution in [2.45, 2.75) is 6.42 Å². The van der Waals surface area contributed by atoms with Crippen molar-refractivity contribution < 1.29 is 0 Å². The van der Waals surface area contributed by atoms with E-state index in [9.17, 15) is 0 Å². The Kier molecular flexibility index (Phi) is 2.99. The Morgan fingerprint density at radius 1 is 1.07 bits per heavy atom. The van der Waals surface area contributed by atoms with E-state index >= 15 is 0 Å². The van der Waals surface area contributed by atoms with Crippen molar-refractivity contribution in [1.82, 2.24) is 0 Å². The van der Waals surface area contributed by atoms with Crippen LogP contribution in [0.2, 0.25) is 0 Å². The Hall–Kier alpha value is -1.82. The molecule has 0 aliphatic carbocycles. The van der Waals surface area contributed by atoms with Crippen LogP contribution >= 0.6 is 0 Å². The maximum absolute atomic E-state index is 3.72. The van der Waals surface area contributed by atoms with Crippen LogP contribution in [0, 0.1) is 6.07 Å². The molecule has 1 radical (unpaired) electrons. The third kappa shape index (κ3) is 2.35. The predicted octanol–water partition coefficient (Wildman–Crippen LogP) is 3.88. The van der Waals surface area contributed by atoms with Gasteiger partial charge in [-0.25, -0.2) is 0 Å². The first kappa shape index (κ1) is 9.72. The van der Waals surface area contributed by atoms with Crippen LogP contribution in [0.1, 0.15) is 5.56 Å². The quantitative estimate of drug-likeness (QED) is 0.649. The van der Waals surface area contributed by atoms with Gasteiger partial charge in [0.15, 0.2) is 0 Å². The summed E-state index contributed by atoms with van der Waals surface area (Å²) in [5.74, 6) is 0. The van der Waals surface area contributed by atoms with Crippen molar-refractivity contribution in [1.29, 1.82) is 0 Å². The van der Waals surface area contributed by atoms with Crippen molar-refractivity contribution >= 4 is 0 Å². The summed E-state index contributed by atoms with van der Waals surface area (Å²) in [7, 11) is 0. The van der Waals surface area contributed by atoms with Crippen LogP contribution in [-0.4, -0.2) is 0 Å². The van der Waals surface area contributed by atoms with Crippen molar-refractivity contribution in [2.75, 3.05) is 0 Å². The van der Waals surface area contributed by atoms with Gasteiger partial charge in [0, 0.05) is 0 Å². The lowest BCUT2D eigenvalue weighted by Gasteiger charge is -2.01. The third-order valence-corrected chi connectivity index (χ3v) is 2.34. The Labute approximate surface area is 90.9 Å². The van der Waals surface area contributed by atoms with Crippen molar-refractivity contribution in [2.24, 2.45) is 0 Å². The number of allylic oxidation sites excluding steroid dienone is 1. The number of hydrogen-bond acceptors (Lipinski definition) is 0. The maximum Gasteiger partial charge on any atom is -0.00962 e. The van der Waals surface area contributed by atoms with Gasteiger partial charge in [-0.15, -0.1) is 6.58 Å². The average molecular weight is 193 g/mol. The second-order valence-electron chi connectivity index (χ2n) is 3.47. The molecule has 0 atom stereocenters. The van der Waals surface area contributed by atoms with Crippen LogP contribution in [0.5, 0.6) is 0 Å². The highest BCUT2D eigenvalue weighted by Crippen LogP contribution is 2.18. The van der Waals surface area contributed by atoms with Gasteiger partial charge >= 0.3 is 0 Å². The molecule has 0 saturated heterocycles. The first-order chi connectivity index (χ1) is 7.40. The molecule has 15 heavy (non-hydrogen) atoms. The van der Waals surface area contributed by atoms with E-state index in [0.29, 0.717) is 0 Å². The molecule has 0 heteroatoms. The molecular weight excluding hydrogens is 180 g/mol. The standard InChI is InChI=1S/C15H13/c1-2-6-13-9-11-15(12-10-13)14-7-4-3-5-8-14/h2-5,7-11H,1,6H2. The maximum atomic E-state index is 3.72. The molecule has 0 heterocycles. The van der Waals surface area contributed by atoms with Gasteiger partial charge in [-0.05, 0) is 29.2 Å². The Morgan fingerprint density at radius 3 is 2.47 bits per heavy atom. The van der Waals surface area contributed by atoms with Gasteiger partial charge in [0.1, 0.15) is 0 Å². The van der Waals surface area contributed by atoms with E-state index in [1.165, 1.54) is 11.1 Å². The summed E-state index contributed by atoms with van der Waals surface area (Å²) in [5, 5.41) is 0. The van der Waals surface area contributed by atoms with Gasteiger partial charge in [-0.1, -0.05) is 54.6 Å². The van der Waals surface area contributed by atoms with Crippen molar-refractivity contribution in [3.63, 3.8) is 0 Å². The lowest BCUT2D eigenvalue weighted by molar-refractivity contribution is 1.28. The summed E-state index contributed by atoms with van der Waals surface area (Å²) in [4.78, 5) is 0. The van der Waals surface area contributed by atoms with Crippen molar-refractivity contribution in [3.05, 3.63) is 72.8 Å². The molecule has 0 nitrogen and oxygen atoms in total. The Morgan fingerprint density at radius 2 is 1.87 bits per heavy atom. The molecule has 2 aromatic rings. The van der Waals surface area contributed by atoms with Gasteiger partial charge in [0.05, 0.1) is 0 Å². The molecule has 0 amide bonds. The van der Waals surface area contributed by atoms with Crippen LogP contribution < -0.4 is 0 Å². The van der Waals surface area contributed by atoms with Crippen LogP contribution in [0.4, 0.5) is 0 Å². The van der Waals surface area contributed by atoms with E-state index in [4.69, 9.17) is 0 Å². The van der Waals surface area contributed by atoms with Gasteiger partial charge < -0.3 is 0 Å². The van der Waals surface area contributed by atoms with Gasteiger partial charge in [-0.2, -0.15) is 0 Å². The highest BCUT2D eigenvalue weighted by Gasteiger charge is 1.96. The summed E-state index contributed by atoms with van der Waals surface area (Å²) < 4.78 is 0. The lowest BCUT2D eigenvalue weighted by Crippen LogP contribution is -1.82. The molecule has 0 aliphatic heterocycles. The van der Waals surface area contributed by atoms with E-state index in [2.05, 4.69) is 36.9 Å². The summed E-state index contributed by atoms with van der Waals surface area (Å²) in [6.07, 6.45) is 2.82. The number of hydrogen-bond donors (Lipinski definition) is 0. The van der Waals surface area contributed by atoms with E-state index in [1.807, 2.05) is 30.3 Å². The van der Waals surface area contributed by atoms with Crippen LogP contribution in [0.25, 0.3) is 11.1 Å². The molecule has 0 fully saturated rings. The van der Waals surface area contributed by atoms with E-state index in [-0.39, 0.29) is 0 Å². The SMILES string of the molecule is C=CCc1c[c]c(-c2ccccc2)cc1. The predicted molar refractivity (Wildman–Crippen MR) is 64.6 cm³/mol. The van der Waals surface area contributed by atoms with Crippen LogP contribution in [0.3, 0.4) is 0 Å².